The predicted molar refractivity (Wildman–Crippen MR) is 131 cm³/mol. The molecule has 0 aliphatic carbocycles. The van der Waals surface area contributed by atoms with Gasteiger partial charge in [-0.2, -0.15) is 5.10 Å². The molecule has 0 spiro atoms. The van der Waals surface area contributed by atoms with Crippen molar-refractivity contribution in [2.45, 2.75) is 40.0 Å². The van der Waals surface area contributed by atoms with Gasteiger partial charge in [-0.25, -0.2) is 4.52 Å². The van der Waals surface area contributed by atoms with Crippen molar-refractivity contribution < 1.29 is 4.79 Å². The monoisotopic (exact) mass is 441 g/mol. The summed E-state index contributed by atoms with van der Waals surface area (Å²) in [4.78, 5) is 22.2. The summed E-state index contributed by atoms with van der Waals surface area (Å²) in [5.41, 5.74) is 6.51. The number of likely N-dealkylation sites (tertiary alicyclic amines) is 1. The molecule has 5 heterocycles. The zero-order chi connectivity index (χ0) is 22.9. The molecule has 33 heavy (non-hydrogen) atoms. The Bertz CT molecular complexity index is 1230. The fourth-order valence-corrected chi connectivity index (χ4v) is 5.00. The van der Waals surface area contributed by atoms with Crippen molar-refractivity contribution in [2.75, 3.05) is 19.6 Å². The topological polar surface area (TPSA) is 53.7 Å². The molecule has 170 valence electrons. The molecule has 6 nitrogen and oxygen atoms in total. The maximum Gasteiger partial charge on any atom is 0.255 e. The molecule has 0 aromatic carbocycles. The van der Waals surface area contributed by atoms with E-state index in [1.165, 1.54) is 18.5 Å². The fraction of sp³-hybridized carbons (Fsp3) is 0.370. The van der Waals surface area contributed by atoms with Crippen molar-refractivity contribution in [1.29, 1.82) is 0 Å². The number of piperidine rings is 1. The quantitative estimate of drug-likeness (QED) is 0.697. The maximum atomic E-state index is 13.3. The number of carbonyl (C=O) groups is 1. The first-order valence-electron chi connectivity index (χ1n) is 11.9. The summed E-state index contributed by atoms with van der Waals surface area (Å²) in [7, 11) is 0. The molecule has 1 fully saturated rings. The van der Waals surface area contributed by atoms with Crippen LogP contribution in [0.1, 0.15) is 43.3 Å². The minimum Gasteiger partial charge on any atom is -0.303 e. The van der Waals surface area contributed by atoms with Gasteiger partial charge in [0.2, 0.25) is 0 Å². The average Bonchev–Trinajstić information content (AvgIpc) is 3.22. The molecular weight excluding hydrogens is 410 g/mol. The van der Waals surface area contributed by atoms with Gasteiger partial charge >= 0.3 is 0 Å². The highest BCUT2D eigenvalue weighted by Crippen LogP contribution is 2.31. The highest BCUT2D eigenvalue weighted by atomic mass is 16.2. The number of aromatic nitrogens is 3. The highest BCUT2D eigenvalue weighted by Gasteiger charge is 2.25. The number of hydrogen-bond acceptors (Lipinski definition) is 4. The molecule has 0 unspecified atom stereocenters. The molecule has 0 saturated carbocycles. The van der Waals surface area contributed by atoms with Crippen LogP contribution in [-0.4, -0.2) is 49.9 Å². The van der Waals surface area contributed by atoms with Gasteiger partial charge in [0.1, 0.15) is 0 Å². The second-order valence-corrected chi connectivity index (χ2v) is 9.16. The van der Waals surface area contributed by atoms with Crippen LogP contribution in [0.2, 0.25) is 0 Å². The Morgan fingerprint density at radius 2 is 1.94 bits per heavy atom. The number of allylic oxidation sites excluding steroid dienone is 7. The Morgan fingerprint density at radius 1 is 1.12 bits per heavy atom. The lowest BCUT2D eigenvalue weighted by Gasteiger charge is -2.34. The van der Waals surface area contributed by atoms with Crippen LogP contribution < -0.4 is 0 Å². The van der Waals surface area contributed by atoms with Crippen LogP contribution in [-0.2, 0) is 4.79 Å². The van der Waals surface area contributed by atoms with E-state index in [1.54, 1.807) is 11.0 Å². The lowest BCUT2D eigenvalue weighted by atomic mass is 9.88. The molecule has 0 N–H and O–H groups in total. The van der Waals surface area contributed by atoms with Crippen LogP contribution in [0.25, 0.3) is 11.1 Å². The highest BCUT2D eigenvalue weighted by molar-refractivity contribution is 5.99. The third-order valence-corrected chi connectivity index (χ3v) is 6.72. The number of fused-ring (bicyclic) bond motifs is 2. The summed E-state index contributed by atoms with van der Waals surface area (Å²) >= 11 is 0. The van der Waals surface area contributed by atoms with Crippen LogP contribution in [0.15, 0.2) is 66.2 Å². The Hall–Kier alpha value is -3.25. The lowest BCUT2D eigenvalue weighted by Crippen LogP contribution is -2.35. The van der Waals surface area contributed by atoms with Crippen LogP contribution in [0, 0.1) is 19.8 Å². The smallest absolute Gasteiger partial charge is 0.255 e. The van der Waals surface area contributed by atoms with Gasteiger partial charge in [0, 0.05) is 23.5 Å². The number of carbonyl (C=O) groups excluding carboxylic acids is 1. The van der Waals surface area contributed by atoms with Crippen molar-refractivity contribution in [3.05, 3.63) is 83.3 Å². The molecule has 2 aromatic heterocycles. The largest absolute Gasteiger partial charge is 0.303 e. The van der Waals surface area contributed by atoms with Gasteiger partial charge in [0.15, 0.2) is 0 Å². The average molecular weight is 442 g/mol. The summed E-state index contributed by atoms with van der Waals surface area (Å²) in [6, 6.07) is 2.00. The number of hydrogen-bond donors (Lipinski definition) is 0. The Morgan fingerprint density at radius 3 is 2.73 bits per heavy atom. The summed E-state index contributed by atoms with van der Waals surface area (Å²) in [6.45, 7) is 9.62. The van der Waals surface area contributed by atoms with E-state index in [4.69, 9.17) is 5.10 Å². The first-order valence-corrected chi connectivity index (χ1v) is 11.9. The molecule has 3 aliphatic heterocycles. The number of aryl methyl sites for hydroxylation is 2. The molecule has 2 aromatic rings. The van der Waals surface area contributed by atoms with Crippen molar-refractivity contribution in [3.63, 3.8) is 0 Å². The molecule has 1 amide bonds. The molecule has 6 heteroatoms. The number of amides is 1. The minimum absolute atomic E-state index is 0.0473. The lowest BCUT2D eigenvalue weighted by molar-refractivity contribution is -0.122. The van der Waals surface area contributed by atoms with Gasteiger partial charge in [0.05, 0.1) is 28.8 Å². The van der Waals surface area contributed by atoms with E-state index in [2.05, 4.69) is 29.0 Å². The van der Waals surface area contributed by atoms with Gasteiger partial charge < -0.3 is 4.90 Å². The van der Waals surface area contributed by atoms with E-state index in [0.717, 1.165) is 59.8 Å². The summed E-state index contributed by atoms with van der Waals surface area (Å²) in [5, 5.41) is 4.71. The first-order chi connectivity index (χ1) is 16.0. The zero-order valence-electron chi connectivity index (χ0n) is 19.7. The van der Waals surface area contributed by atoms with Gasteiger partial charge in [0.25, 0.3) is 5.91 Å². The second kappa shape index (κ2) is 8.94. The van der Waals surface area contributed by atoms with Gasteiger partial charge in [-0.3, -0.25) is 14.7 Å². The standard InChI is InChI=1S/C27H31N5O/c1-4-12-30-13-10-21(11-14-30)23-8-9-24-7-5-6-22(15-27(33)31(24)18-23)25-16-26-20(3)28-19(2)17-32(26)29-25/h5-9,15-18,21H,4,10-14H2,1-3H3/b6-5+,22-15+,24-7+. The molecule has 1 saturated heterocycles. The van der Waals surface area contributed by atoms with Gasteiger partial charge in [-0.05, 0) is 82.5 Å². The third-order valence-electron chi connectivity index (χ3n) is 6.72. The Balaban J connectivity index is 1.41. The van der Waals surface area contributed by atoms with E-state index in [-0.39, 0.29) is 5.91 Å². The summed E-state index contributed by atoms with van der Waals surface area (Å²) in [6.07, 6.45) is 19.3. The van der Waals surface area contributed by atoms with Crippen molar-refractivity contribution >= 4 is 17.0 Å². The molecule has 0 atom stereocenters. The fourth-order valence-electron chi connectivity index (χ4n) is 5.00. The van der Waals surface area contributed by atoms with E-state index in [9.17, 15) is 4.79 Å². The van der Waals surface area contributed by atoms with E-state index in [0.29, 0.717) is 5.92 Å². The number of rotatable bonds is 4. The Kier molecular flexibility index (Phi) is 5.85. The SMILES string of the molecule is CCCN1CCC(C2=CN3C(=O)\C=C(c4cc5c(C)nc(C)cn5n4)/C=C/C=C/3C=C2)CC1. The first kappa shape index (κ1) is 21.6. The normalized spacial score (nSPS) is 23.9. The molecule has 0 bridgehead atoms. The molecule has 3 aliphatic rings. The zero-order valence-corrected chi connectivity index (χ0v) is 19.7. The maximum absolute atomic E-state index is 13.3. The minimum atomic E-state index is -0.0473. The third kappa shape index (κ3) is 4.35. The number of nitrogens with zero attached hydrogens (tertiary/aromatic N) is 5. The molecule has 0 radical (unpaired) electrons. The van der Waals surface area contributed by atoms with Crippen molar-refractivity contribution in [3.8, 4) is 0 Å². The summed E-state index contributed by atoms with van der Waals surface area (Å²) < 4.78 is 1.85. The molecular formula is C27H31N5O. The predicted octanol–water partition coefficient (Wildman–Crippen LogP) is 4.59. The van der Waals surface area contributed by atoms with Crippen molar-refractivity contribution in [1.82, 2.24) is 24.4 Å². The van der Waals surface area contributed by atoms with E-state index in [1.807, 2.05) is 55.1 Å². The van der Waals surface area contributed by atoms with E-state index >= 15 is 0 Å². The van der Waals surface area contributed by atoms with Crippen LogP contribution in [0.4, 0.5) is 0 Å². The van der Waals surface area contributed by atoms with Gasteiger partial charge in [-0.1, -0.05) is 25.2 Å². The van der Waals surface area contributed by atoms with Crippen LogP contribution in [0.3, 0.4) is 0 Å². The van der Waals surface area contributed by atoms with Gasteiger partial charge in [-0.15, -0.1) is 0 Å². The second-order valence-electron chi connectivity index (χ2n) is 9.16. The Labute approximate surface area is 195 Å². The van der Waals surface area contributed by atoms with Crippen molar-refractivity contribution in [2.24, 2.45) is 5.92 Å². The van der Waals surface area contributed by atoms with Crippen LogP contribution >= 0.6 is 0 Å². The van der Waals surface area contributed by atoms with E-state index < -0.39 is 0 Å². The van der Waals surface area contributed by atoms with Crippen LogP contribution in [0.5, 0.6) is 0 Å². The summed E-state index contributed by atoms with van der Waals surface area (Å²) in [5.74, 6) is 0.458. The molecule has 5 rings (SSSR count).